The van der Waals surface area contributed by atoms with E-state index in [1.54, 1.807) is 23.1 Å². The molecule has 0 unspecified atom stereocenters. The number of hydrogen-bond donors (Lipinski definition) is 0. The molecule has 4 rings (SSSR count). The number of benzene rings is 2. The third-order valence-electron chi connectivity index (χ3n) is 5.20. The summed E-state index contributed by atoms with van der Waals surface area (Å²) in [6.07, 6.45) is 2.51. The molecule has 0 bridgehead atoms. The lowest BCUT2D eigenvalue weighted by molar-refractivity contribution is 0.103. The monoisotopic (exact) mass is 409 g/mol. The van der Waals surface area contributed by atoms with E-state index in [1.807, 2.05) is 30.3 Å². The molecule has 0 amide bonds. The topological polar surface area (TPSA) is 54.3 Å². The first-order chi connectivity index (χ1) is 14.2. The normalized spacial score (nSPS) is 14.9. The quantitative estimate of drug-likeness (QED) is 0.560. The fraction of sp³-hybridized carbons (Fsp3) is 0.318. The summed E-state index contributed by atoms with van der Waals surface area (Å²) in [5, 5.41) is 9.37. The van der Waals surface area contributed by atoms with Gasteiger partial charge in [0.2, 0.25) is 5.78 Å². The van der Waals surface area contributed by atoms with Gasteiger partial charge in [-0.05, 0) is 30.7 Å². The van der Waals surface area contributed by atoms with Crippen LogP contribution in [0.1, 0.15) is 22.5 Å². The molecule has 6 nitrogen and oxygen atoms in total. The van der Waals surface area contributed by atoms with Crippen molar-refractivity contribution in [2.75, 3.05) is 37.6 Å². The summed E-state index contributed by atoms with van der Waals surface area (Å²) in [5.41, 5.74) is 2.26. The number of nitrogens with zero attached hydrogens (tertiary/aromatic N) is 5. The van der Waals surface area contributed by atoms with Crippen LogP contribution in [0.15, 0.2) is 60.8 Å². The molecule has 29 heavy (non-hydrogen) atoms. The lowest BCUT2D eigenvalue weighted by Crippen LogP contribution is -2.46. The highest BCUT2D eigenvalue weighted by atomic mass is 35.5. The summed E-state index contributed by atoms with van der Waals surface area (Å²) in [7, 11) is 0. The largest absolute Gasteiger partial charge is 0.369 e. The van der Waals surface area contributed by atoms with Gasteiger partial charge in [-0.1, -0.05) is 41.9 Å². The van der Waals surface area contributed by atoms with Gasteiger partial charge in [0.05, 0.1) is 12.7 Å². The molecule has 3 aromatic rings. The number of aromatic nitrogens is 3. The molecule has 0 N–H and O–H groups in total. The zero-order valence-electron chi connectivity index (χ0n) is 16.2. The fourth-order valence-electron chi connectivity index (χ4n) is 3.56. The lowest BCUT2D eigenvalue weighted by Gasteiger charge is -2.36. The molecule has 0 aliphatic carbocycles. The van der Waals surface area contributed by atoms with Gasteiger partial charge in [0.25, 0.3) is 0 Å². The molecule has 2 heterocycles. The highest BCUT2D eigenvalue weighted by Gasteiger charge is 2.17. The van der Waals surface area contributed by atoms with E-state index >= 15 is 0 Å². The molecular weight excluding hydrogens is 386 g/mol. The molecule has 1 saturated heterocycles. The molecule has 150 valence electrons. The third kappa shape index (κ3) is 5.02. The van der Waals surface area contributed by atoms with Crippen molar-refractivity contribution in [2.45, 2.75) is 13.0 Å². The predicted octanol–water partition coefficient (Wildman–Crippen LogP) is 3.37. The summed E-state index contributed by atoms with van der Waals surface area (Å²) in [6, 6.07) is 17.2. The van der Waals surface area contributed by atoms with Crippen LogP contribution in [0.2, 0.25) is 5.02 Å². The molecule has 0 radical (unpaired) electrons. The second kappa shape index (κ2) is 9.20. The first-order valence-electron chi connectivity index (χ1n) is 9.92. The van der Waals surface area contributed by atoms with Crippen molar-refractivity contribution >= 4 is 23.1 Å². The number of ketones is 1. The van der Waals surface area contributed by atoms with Crippen LogP contribution in [0.4, 0.5) is 5.69 Å². The number of piperazine rings is 1. The number of rotatable bonds is 7. The van der Waals surface area contributed by atoms with Gasteiger partial charge in [-0.2, -0.15) is 9.90 Å². The summed E-state index contributed by atoms with van der Waals surface area (Å²) < 4.78 is 0. The summed E-state index contributed by atoms with van der Waals surface area (Å²) >= 11 is 5.97. The molecule has 2 aromatic carbocycles. The maximum Gasteiger partial charge on any atom is 0.214 e. The van der Waals surface area contributed by atoms with Crippen LogP contribution in [0, 0.1) is 0 Å². The Labute approximate surface area is 175 Å². The van der Waals surface area contributed by atoms with Crippen LogP contribution < -0.4 is 4.90 Å². The summed E-state index contributed by atoms with van der Waals surface area (Å²) in [5.74, 6) is -0.0878. The van der Waals surface area contributed by atoms with Crippen molar-refractivity contribution in [3.8, 4) is 0 Å². The number of hydrogen-bond acceptors (Lipinski definition) is 5. The van der Waals surface area contributed by atoms with E-state index < -0.39 is 0 Å². The minimum atomic E-state index is -0.0878. The first kappa shape index (κ1) is 19.6. The smallest absolute Gasteiger partial charge is 0.214 e. The van der Waals surface area contributed by atoms with Gasteiger partial charge in [0, 0.05) is 49.0 Å². The van der Waals surface area contributed by atoms with Crippen LogP contribution in [-0.2, 0) is 6.54 Å². The van der Waals surface area contributed by atoms with E-state index in [9.17, 15) is 4.79 Å². The third-order valence-corrected chi connectivity index (χ3v) is 5.45. The molecule has 0 spiro atoms. The second-order valence-corrected chi connectivity index (χ2v) is 7.62. The van der Waals surface area contributed by atoms with Crippen molar-refractivity contribution < 1.29 is 4.79 Å². The zero-order chi connectivity index (χ0) is 20.1. The molecule has 1 aliphatic rings. The Morgan fingerprint density at radius 3 is 2.38 bits per heavy atom. The summed E-state index contributed by atoms with van der Waals surface area (Å²) in [6.45, 7) is 5.80. The van der Waals surface area contributed by atoms with Crippen molar-refractivity contribution in [1.82, 2.24) is 19.9 Å². The molecular formula is C22H24ClN5O. The Hall–Kier alpha value is -2.70. The Morgan fingerprint density at radius 1 is 0.931 bits per heavy atom. The average Bonchev–Trinajstić information content (AvgIpc) is 3.24. The molecule has 0 atom stereocenters. The number of halogens is 1. The lowest BCUT2D eigenvalue weighted by atomic mass is 10.1. The van der Waals surface area contributed by atoms with E-state index in [1.165, 1.54) is 5.69 Å². The van der Waals surface area contributed by atoms with E-state index in [2.05, 4.69) is 32.1 Å². The Balaban J connectivity index is 1.22. The molecule has 1 fully saturated rings. The zero-order valence-corrected chi connectivity index (χ0v) is 17.0. The van der Waals surface area contributed by atoms with Crippen LogP contribution in [0.25, 0.3) is 0 Å². The fourth-order valence-corrected chi connectivity index (χ4v) is 3.69. The highest BCUT2D eigenvalue weighted by molar-refractivity contribution is 6.30. The standard InChI is InChI=1S/C22H24ClN5O/c23-19-7-9-20(10-8-19)27-15-13-26(14-16-27)11-4-12-28-24-17-21(25-28)22(29)18-5-2-1-3-6-18/h1-3,5-10,17H,4,11-16H2. The van der Waals surface area contributed by atoms with E-state index in [-0.39, 0.29) is 5.78 Å². The van der Waals surface area contributed by atoms with Gasteiger partial charge in [-0.15, -0.1) is 5.10 Å². The second-order valence-electron chi connectivity index (χ2n) is 7.18. The van der Waals surface area contributed by atoms with E-state index in [0.717, 1.165) is 44.2 Å². The van der Waals surface area contributed by atoms with Crippen LogP contribution in [-0.4, -0.2) is 58.4 Å². The van der Waals surface area contributed by atoms with E-state index in [4.69, 9.17) is 11.6 Å². The van der Waals surface area contributed by atoms with Gasteiger partial charge < -0.3 is 4.90 Å². The molecule has 0 saturated carbocycles. The van der Waals surface area contributed by atoms with E-state index in [0.29, 0.717) is 17.8 Å². The van der Waals surface area contributed by atoms with Gasteiger partial charge in [0.15, 0.2) is 5.69 Å². The van der Waals surface area contributed by atoms with Crippen molar-refractivity contribution in [3.63, 3.8) is 0 Å². The Kier molecular flexibility index (Phi) is 6.22. The molecule has 1 aliphatic heterocycles. The molecule has 1 aromatic heterocycles. The Bertz CT molecular complexity index is 933. The van der Waals surface area contributed by atoms with Crippen LogP contribution in [0.3, 0.4) is 0 Å². The number of carbonyl (C=O) groups is 1. The maximum atomic E-state index is 12.4. The minimum Gasteiger partial charge on any atom is -0.369 e. The van der Waals surface area contributed by atoms with Crippen LogP contribution >= 0.6 is 11.6 Å². The summed E-state index contributed by atoms with van der Waals surface area (Å²) in [4.78, 5) is 18.9. The molecule has 7 heteroatoms. The number of aryl methyl sites for hydroxylation is 1. The predicted molar refractivity (Wildman–Crippen MR) is 115 cm³/mol. The van der Waals surface area contributed by atoms with Crippen molar-refractivity contribution in [3.05, 3.63) is 77.1 Å². The van der Waals surface area contributed by atoms with Gasteiger partial charge in [-0.3, -0.25) is 9.69 Å². The number of carbonyl (C=O) groups excluding carboxylic acids is 1. The van der Waals surface area contributed by atoms with Gasteiger partial charge in [0.1, 0.15) is 0 Å². The maximum absolute atomic E-state index is 12.4. The van der Waals surface area contributed by atoms with Crippen LogP contribution in [0.5, 0.6) is 0 Å². The highest BCUT2D eigenvalue weighted by Crippen LogP contribution is 2.19. The Morgan fingerprint density at radius 2 is 1.66 bits per heavy atom. The van der Waals surface area contributed by atoms with Crippen molar-refractivity contribution in [1.29, 1.82) is 0 Å². The number of anilines is 1. The first-order valence-corrected chi connectivity index (χ1v) is 10.3. The average molecular weight is 410 g/mol. The van der Waals surface area contributed by atoms with Gasteiger partial charge in [-0.25, -0.2) is 0 Å². The minimum absolute atomic E-state index is 0.0878. The van der Waals surface area contributed by atoms with Crippen molar-refractivity contribution in [2.24, 2.45) is 0 Å². The van der Waals surface area contributed by atoms with Gasteiger partial charge >= 0.3 is 0 Å². The SMILES string of the molecule is O=C(c1ccccc1)c1cnn(CCCN2CCN(c3ccc(Cl)cc3)CC2)n1.